The van der Waals surface area contributed by atoms with Crippen molar-refractivity contribution >= 4 is 21.5 Å². The molecule has 0 spiro atoms. The topological polar surface area (TPSA) is 54.5 Å². The Morgan fingerprint density at radius 1 is 1.41 bits per heavy atom. The predicted molar refractivity (Wildman–Crippen MR) is 66.7 cm³/mol. The lowest BCUT2D eigenvalue weighted by Crippen LogP contribution is -2.25. The molecule has 0 amide bonds. The fourth-order valence-corrected chi connectivity index (χ4v) is 3.97. The van der Waals surface area contributed by atoms with Gasteiger partial charge in [-0.25, -0.2) is 8.42 Å². The van der Waals surface area contributed by atoms with Gasteiger partial charge in [-0.05, 0) is 25.0 Å². The molecule has 1 aliphatic rings. The molecular formula is C12H15NO3S. The number of rotatable bonds is 2. The molecule has 0 aromatic heterocycles. The first-order chi connectivity index (χ1) is 7.90. The highest BCUT2D eigenvalue weighted by atomic mass is 32.2. The first kappa shape index (κ1) is 12.1. The van der Waals surface area contributed by atoms with Crippen molar-refractivity contribution in [2.75, 3.05) is 16.6 Å². The number of hydrogen-bond acceptors (Lipinski definition) is 3. The molecule has 17 heavy (non-hydrogen) atoms. The first-order valence-corrected chi connectivity index (χ1v) is 7.12. The van der Waals surface area contributed by atoms with Gasteiger partial charge in [0.05, 0.1) is 11.4 Å². The van der Waals surface area contributed by atoms with Crippen LogP contribution in [0.2, 0.25) is 0 Å². The predicted octanol–water partition coefficient (Wildman–Crippen LogP) is 1.68. The Morgan fingerprint density at radius 3 is 2.65 bits per heavy atom. The number of anilines is 1. The lowest BCUT2D eigenvalue weighted by Gasteiger charge is -2.17. The summed E-state index contributed by atoms with van der Waals surface area (Å²) in [4.78, 5) is 11.3. The Labute approximate surface area is 101 Å². The highest BCUT2D eigenvalue weighted by Gasteiger charge is 2.33. The third-order valence-electron chi connectivity index (χ3n) is 2.85. The largest absolute Gasteiger partial charge is 0.295 e. The van der Waals surface area contributed by atoms with Crippen LogP contribution in [-0.4, -0.2) is 26.5 Å². The second-order valence-corrected chi connectivity index (χ2v) is 6.46. The molecule has 0 bridgehead atoms. The molecule has 1 aromatic rings. The maximum atomic E-state index is 11.9. The fraction of sp³-hybridized carbons (Fsp3) is 0.417. The molecule has 1 saturated heterocycles. The van der Waals surface area contributed by atoms with Gasteiger partial charge >= 0.3 is 0 Å². The number of sulfonamides is 1. The minimum Gasteiger partial charge on any atom is -0.295 e. The van der Waals surface area contributed by atoms with Crippen LogP contribution in [0.25, 0.3) is 0 Å². The molecule has 1 heterocycles. The van der Waals surface area contributed by atoms with Gasteiger partial charge in [0.1, 0.15) is 0 Å². The Kier molecular flexibility index (Phi) is 2.95. The van der Waals surface area contributed by atoms with Crippen molar-refractivity contribution in [2.24, 2.45) is 5.92 Å². The van der Waals surface area contributed by atoms with Crippen molar-refractivity contribution in [2.45, 2.75) is 13.8 Å². The van der Waals surface area contributed by atoms with Gasteiger partial charge in [0, 0.05) is 12.1 Å². The third-order valence-corrected chi connectivity index (χ3v) is 4.87. The summed E-state index contributed by atoms with van der Waals surface area (Å²) in [5.41, 5.74) is 1.12. The number of hydrogen-bond donors (Lipinski definition) is 0. The van der Waals surface area contributed by atoms with Crippen LogP contribution < -0.4 is 4.31 Å². The molecule has 0 saturated carbocycles. The Morgan fingerprint density at radius 2 is 2.12 bits per heavy atom. The van der Waals surface area contributed by atoms with E-state index in [1.54, 1.807) is 24.3 Å². The number of benzene rings is 1. The minimum absolute atomic E-state index is 0.0588. The van der Waals surface area contributed by atoms with Crippen LogP contribution in [0, 0.1) is 5.92 Å². The third kappa shape index (κ3) is 2.34. The molecule has 1 atom stereocenters. The van der Waals surface area contributed by atoms with Crippen LogP contribution in [0.4, 0.5) is 5.69 Å². The van der Waals surface area contributed by atoms with E-state index in [2.05, 4.69) is 0 Å². The van der Waals surface area contributed by atoms with E-state index in [1.165, 1.54) is 11.2 Å². The fourth-order valence-electron chi connectivity index (χ4n) is 2.04. The van der Waals surface area contributed by atoms with Gasteiger partial charge in [0.25, 0.3) is 0 Å². The maximum Gasteiger partial charge on any atom is 0.235 e. The zero-order valence-corrected chi connectivity index (χ0v) is 10.7. The van der Waals surface area contributed by atoms with Gasteiger partial charge in [-0.15, -0.1) is 0 Å². The Hall–Kier alpha value is -1.36. The van der Waals surface area contributed by atoms with Crippen molar-refractivity contribution < 1.29 is 13.2 Å². The van der Waals surface area contributed by atoms with Gasteiger partial charge in [-0.2, -0.15) is 0 Å². The maximum absolute atomic E-state index is 11.9. The highest BCUT2D eigenvalue weighted by molar-refractivity contribution is 7.93. The summed E-state index contributed by atoms with van der Waals surface area (Å²) in [5, 5.41) is 0. The van der Waals surface area contributed by atoms with Crippen LogP contribution in [0.5, 0.6) is 0 Å². The molecule has 5 heteroatoms. The molecule has 0 radical (unpaired) electrons. The molecule has 4 nitrogen and oxygen atoms in total. The Bertz CT molecular complexity index is 551. The molecule has 1 aliphatic heterocycles. The monoisotopic (exact) mass is 253 g/mol. The zero-order chi connectivity index (χ0) is 12.6. The van der Waals surface area contributed by atoms with E-state index < -0.39 is 10.0 Å². The van der Waals surface area contributed by atoms with Crippen molar-refractivity contribution in [3.63, 3.8) is 0 Å². The SMILES string of the molecule is CC(=O)c1cccc(N2C[C@@H](C)CS2(=O)=O)c1. The minimum atomic E-state index is -3.21. The van der Waals surface area contributed by atoms with Gasteiger partial charge < -0.3 is 0 Å². The lowest BCUT2D eigenvalue weighted by molar-refractivity contribution is 0.101. The van der Waals surface area contributed by atoms with Gasteiger partial charge in [0.15, 0.2) is 5.78 Å². The normalized spacial score (nSPS) is 22.7. The van der Waals surface area contributed by atoms with Crippen molar-refractivity contribution in [1.29, 1.82) is 0 Å². The molecular weight excluding hydrogens is 238 g/mol. The molecule has 0 aliphatic carbocycles. The van der Waals surface area contributed by atoms with E-state index in [1.807, 2.05) is 6.92 Å². The van der Waals surface area contributed by atoms with E-state index in [4.69, 9.17) is 0 Å². The van der Waals surface area contributed by atoms with Crippen molar-refractivity contribution in [3.05, 3.63) is 29.8 Å². The van der Waals surface area contributed by atoms with Gasteiger partial charge in [-0.3, -0.25) is 9.10 Å². The molecule has 0 unspecified atom stereocenters. The van der Waals surface area contributed by atoms with Crippen LogP contribution in [0.1, 0.15) is 24.2 Å². The van der Waals surface area contributed by atoms with E-state index in [0.717, 1.165) is 0 Å². The van der Waals surface area contributed by atoms with Crippen molar-refractivity contribution in [1.82, 2.24) is 0 Å². The van der Waals surface area contributed by atoms with Crippen LogP contribution in [0.3, 0.4) is 0 Å². The summed E-state index contributed by atoms with van der Waals surface area (Å²) in [5.74, 6) is 0.245. The van der Waals surface area contributed by atoms with Gasteiger partial charge in [-0.1, -0.05) is 19.1 Å². The smallest absolute Gasteiger partial charge is 0.235 e. The lowest BCUT2D eigenvalue weighted by atomic mass is 10.1. The summed E-state index contributed by atoms with van der Waals surface area (Å²) < 4.78 is 25.2. The second kappa shape index (κ2) is 4.14. The molecule has 92 valence electrons. The van der Waals surface area contributed by atoms with E-state index in [9.17, 15) is 13.2 Å². The first-order valence-electron chi connectivity index (χ1n) is 5.51. The Balaban J connectivity index is 2.41. The van der Waals surface area contributed by atoms with Gasteiger partial charge in [0.2, 0.25) is 10.0 Å². The zero-order valence-electron chi connectivity index (χ0n) is 9.88. The highest BCUT2D eigenvalue weighted by Crippen LogP contribution is 2.27. The average Bonchev–Trinajstić information content (AvgIpc) is 2.52. The number of carbonyl (C=O) groups excluding carboxylic acids is 1. The summed E-state index contributed by atoms with van der Waals surface area (Å²) in [6, 6.07) is 6.77. The van der Waals surface area contributed by atoms with E-state index in [-0.39, 0.29) is 17.5 Å². The number of carbonyl (C=O) groups is 1. The summed E-state index contributed by atoms with van der Waals surface area (Å²) in [6.45, 7) is 3.87. The number of nitrogens with zero attached hydrogens (tertiary/aromatic N) is 1. The molecule has 1 aromatic carbocycles. The van der Waals surface area contributed by atoms with E-state index in [0.29, 0.717) is 17.8 Å². The van der Waals surface area contributed by atoms with Crippen LogP contribution >= 0.6 is 0 Å². The number of Topliss-reactive ketones (excluding diaryl/α,β-unsaturated/α-hetero) is 1. The van der Waals surface area contributed by atoms with Crippen LogP contribution in [0.15, 0.2) is 24.3 Å². The molecule has 2 rings (SSSR count). The summed E-state index contributed by atoms with van der Waals surface area (Å²) >= 11 is 0. The molecule has 0 N–H and O–H groups in total. The quantitative estimate of drug-likeness (QED) is 0.753. The molecule has 1 fully saturated rings. The average molecular weight is 253 g/mol. The summed E-state index contributed by atoms with van der Waals surface area (Å²) in [6.07, 6.45) is 0. The summed E-state index contributed by atoms with van der Waals surface area (Å²) in [7, 11) is -3.21. The standard InChI is InChI=1S/C12H15NO3S/c1-9-7-13(17(15,16)8-9)12-5-3-4-11(6-12)10(2)14/h3-6,9H,7-8H2,1-2H3/t9-/m1/s1. The number of ketones is 1. The van der Waals surface area contributed by atoms with Crippen LogP contribution in [-0.2, 0) is 10.0 Å². The second-order valence-electron chi connectivity index (χ2n) is 4.52. The van der Waals surface area contributed by atoms with E-state index >= 15 is 0 Å². The van der Waals surface area contributed by atoms with Crippen molar-refractivity contribution in [3.8, 4) is 0 Å².